The highest BCUT2D eigenvalue weighted by Crippen LogP contribution is 2.32. The number of aromatic nitrogens is 3. The van der Waals surface area contributed by atoms with Gasteiger partial charge >= 0.3 is 0 Å². The molecule has 0 bridgehead atoms. The molecule has 0 radical (unpaired) electrons. The van der Waals surface area contributed by atoms with Crippen molar-refractivity contribution >= 4 is 50.6 Å². The molecule has 3 aromatic carbocycles. The van der Waals surface area contributed by atoms with Crippen molar-refractivity contribution in [1.82, 2.24) is 15.2 Å². The summed E-state index contributed by atoms with van der Waals surface area (Å²) in [4.78, 5) is 20.0. The standard InChI is InChI=1S/C30H26ClN5OS/c1-19-4-13-26-27(17-19)38-30(33-26)21-7-11-24(12-8-21)32-29(37)22-3-2-16-36(18-22)28-15-14-25(34-35-28)20-5-9-23(31)10-6-20/h4-15,17,22H,2-3,16,18H2,1H3,(H,32,37). The number of amides is 1. The van der Waals surface area contributed by atoms with Gasteiger partial charge in [0.15, 0.2) is 5.82 Å². The van der Waals surface area contributed by atoms with Crippen LogP contribution in [-0.2, 0) is 4.79 Å². The van der Waals surface area contributed by atoms with Gasteiger partial charge in [0.1, 0.15) is 5.01 Å². The number of fused-ring (bicyclic) bond motifs is 1. The summed E-state index contributed by atoms with van der Waals surface area (Å²) in [5.74, 6) is 0.702. The third-order valence-electron chi connectivity index (χ3n) is 6.85. The van der Waals surface area contributed by atoms with Crippen LogP contribution in [0.15, 0.2) is 78.9 Å². The number of aryl methyl sites for hydroxylation is 1. The number of hydrogen-bond acceptors (Lipinski definition) is 6. The number of rotatable bonds is 5. The van der Waals surface area contributed by atoms with Crippen molar-refractivity contribution in [2.75, 3.05) is 23.3 Å². The van der Waals surface area contributed by atoms with E-state index < -0.39 is 0 Å². The van der Waals surface area contributed by atoms with E-state index in [0.29, 0.717) is 11.6 Å². The molecule has 3 heterocycles. The van der Waals surface area contributed by atoms with Crippen molar-refractivity contribution in [2.24, 2.45) is 5.92 Å². The number of nitrogens with one attached hydrogen (secondary N) is 1. The SMILES string of the molecule is Cc1ccc2nc(-c3ccc(NC(=O)C4CCCN(c5ccc(-c6ccc(Cl)cc6)nn5)C4)cc3)sc2c1. The van der Waals surface area contributed by atoms with E-state index in [1.165, 1.54) is 10.3 Å². The first kappa shape index (κ1) is 24.5. The normalized spacial score (nSPS) is 15.5. The maximum Gasteiger partial charge on any atom is 0.229 e. The smallest absolute Gasteiger partial charge is 0.229 e. The zero-order valence-electron chi connectivity index (χ0n) is 20.9. The number of hydrogen-bond donors (Lipinski definition) is 1. The van der Waals surface area contributed by atoms with Crippen LogP contribution in [0.2, 0.25) is 5.02 Å². The Hall–Kier alpha value is -3.81. The van der Waals surface area contributed by atoms with Crippen LogP contribution >= 0.6 is 22.9 Å². The van der Waals surface area contributed by atoms with Gasteiger partial charge in [-0.2, -0.15) is 0 Å². The van der Waals surface area contributed by atoms with Crippen molar-refractivity contribution in [3.63, 3.8) is 0 Å². The van der Waals surface area contributed by atoms with E-state index in [0.717, 1.165) is 58.2 Å². The second-order valence-electron chi connectivity index (χ2n) is 9.63. The van der Waals surface area contributed by atoms with Crippen LogP contribution in [0, 0.1) is 12.8 Å². The van der Waals surface area contributed by atoms with Crippen molar-refractivity contribution in [3.8, 4) is 21.8 Å². The molecule has 5 aromatic rings. The summed E-state index contributed by atoms with van der Waals surface area (Å²) in [6.07, 6.45) is 1.77. The van der Waals surface area contributed by atoms with Gasteiger partial charge in [-0.3, -0.25) is 4.79 Å². The molecular formula is C30H26ClN5OS. The highest BCUT2D eigenvalue weighted by atomic mass is 35.5. The molecule has 6 rings (SSSR count). The van der Waals surface area contributed by atoms with Gasteiger partial charge in [0, 0.05) is 34.9 Å². The van der Waals surface area contributed by atoms with Crippen molar-refractivity contribution in [2.45, 2.75) is 19.8 Å². The highest BCUT2D eigenvalue weighted by Gasteiger charge is 2.27. The number of nitrogens with zero attached hydrogens (tertiary/aromatic N) is 4. The summed E-state index contributed by atoms with van der Waals surface area (Å²) in [5, 5.41) is 13.6. The van der Waals surface area contributed by atoms with Gasteiger partial charge in [-0.25, -0.2) is 4.98 Å². The lowest BCUT2D eigenvalue weighted by atomic mass is 9.97. The number of benzene rings is 3. The quantitative estimate of drug-likeness (QED) is 0.255. The molecule has 2 aromatic heterocycles. The van der Waals surface area contributed by atoms with E-state index >= 15 is 0 Å². The number of carbonyl (C=O) groups excluding carboxylic acids is 1. The number of halogens is 1. The average Bonchev–Trinajstić information content (AvgIpc) is 3.37. The molecule has 0 saturated carbocycles. The summed E-state index contributed by atoms with van der Waals surface area (Å²) < 4.78 is 1.18. The van der Waals surface area contributed by atoms with Gasteiger partial charge in [0.05, 0.1) is 21.8 Å². The third kappa shape index (κ3) is 5.26. The van der Waals surface area contributed by atoms with E-state index in [1.54, 1.807) is 11.3 Å². The third-order valence-corrected chi connectivity index (χ3v) is 8.17. The maximum atomic E-state index is 13.1. The molecule has 1 aliphatic rings. The number of piperidine rings is 1. The average molecular weight is 540 g/mol. The fourth-order valence-corrected chi connectivity index (χ4v) is 5.96. The molecule has 0 spiro atoms. The Morgan fingerprint density at radius 1 is 0.974 bits per heavy atom. The monoisotopic (exact) mass is 539 g/mol. The Kier molecular flexibility index (Phi) is 6.79. The van der Waals surface area contributed by atoms with E-state index in [-0.39, 0.29) is 11.8 Å². The van der Waals surface area contributed by atoms with Crippen LogP contribution in [0.1, 0.15) is 18.4 Å². The molecule has 8 heteroatoms. The minimum Gasteiger partial charge on any atom is -0.354 e. The number of carbonyl (C=O) groups is 1. The Morgan fingerprint density at radius 3 is 2.53 bits per heavy atom. The molecule has 6 nitrogen and oxygen atoms in total. The first-order chi connectivity index (χ1) is 18.5. The van der Waals surface area contributed by atoms with Crippen LogP contribution in [0.4, 0.5) is 11.5 Å². The molecule has 38 heavy (non-hydrogen) atoms. The van der Waals surface area contributed by atoms with Crippen LogP contribution in [0.5, 0.6) is 0 Å². The van der Waals surface area contributed by atoms with Crippen molar-refractivity contribution in [1.29, 1.82) is 0 Å². The fourth-order valence-electron chi connectivity index (χ4n) is 4.76. The summed E-state index contributed by atoms with van der Waals surface area (Å²) in [6, 6.07) is 25.7. The van der Waals surface area contributed by atoms with E-state index in [2.05, 4.69) is 45.5 Å². The molecular weight excluding hydrogens is 514 g/mol. The van der Waals surface area contributed by atoms with Gasteiger partial charge in [-0.05, 0) is 86.0 Å². The lowest BCUT2D eigenvalue weighted by Crippen LogP contribution is -2.41. The summed E-state index contributed by atoms with van der Waals surface area (Å²) in [6.45, 7) is 3.56. The molecule has 1 unspecified atom stereocenters. The summed E-state index contributed by atoms with van der Waals surface area (Å²) in [7, 11) is 0. The lowest BCUT2D eigenvalue weighted by Gasteiger charge is -2.32. The molecule has 1 saturated heterocycles. The van der Waals surface area contributed by atoms with Crippen molar-refractivity contribution in [3.05, 3.63) is 89.4 Å². The first-order valence-corrected chi connectivity index (χ1v) is 13.8. The summed E-state index contributed by atoms with van der Waals surface area (Å²) >= 11 is 7.67. The zero-order chi connectivity index (χ0) is 26.1. The Bertz CT molecular complexity index is 1580. The van der Waals surface area contributed by atoms with Crippen LogP contribution < -0.4 is 10.2 Å². The molecule has 1 atom stereocenters. The summed E-state index contributed by atoms with van der Waals surface area (Å²) in [5.41, 5.74) is 5.84. The maximum absolute atomic E-state index is 13.1. The molecule has 1 aliphatic heterocycles. The van der Waals surface area contributed by atoms with Gasteiger partial charge in [0.25, 0.3) is 0 Å². The van der Waals surface area contributed by atoms with Crippen LogP contribution in [0.25, 0.3) is 32.0 Å². The topological polar surface area (TPSA) is 71.0 Å². The Morgan fingerprint density at radius 2 is 1.76 bits per heavy atom. The Labute approximate surface area is 230 Å². The molecule has 1 N–H and O–H groups in total. The minimum atomic E-state index is -0.117. The molecule has 190 valence electrons. The van der Waals surface area contributed by atoms with E-state index in [9.17, 15) is 4.79 Å². The number of anilines is 2. The molecule has 1 amide bonds. The van der Waals surface area contributed by atoms with Crippen LogP contribution in [-0.4, -0.2) is 34.2 Å². The second kappa shape index (κ2) is 10.5. The zero-order valence-corrected chi connectivity index (χ0v) is 22.5. The minimum absolute atomic E-state index is 0.0312. The molecule has 1 fully saturated rings. The van der Waals surface area contributed by atoms with Crippen LogP contribution in [0.3, 0.4) is 0 Å². The fraction of sp³-hybridized carbons (Fsp3) is 0.200. The highest BCUT2D eigenvalue weighted by molar-refractivity contribution is 7.21. The van der Waals surface area contributed by atoms with Gasteiger partial charge < -0.3 is 10.2 Å². The predicted octanol–water partition coefficient (Wildman–Crippen LogP) is 7.24. The van der Waals surface area contributed by atoms with Gasteiger partial charge in [0.2, 0.25) is 5.91 Å². The number of thiazole rings is 1. The lowest BCUT2D eigenvalue weighted by molar-refractivity contribution is -0.120. The molecule has 0 aliphatic carbocycles. The van der Waals surface area contributed by atoms with E-state index in [4.69, 9.17) is 16.6 Å². The van der Waals surface area contributed by atoms with E-state index in [1.807, 2.05) is 60.7 Å². The Balaban J connectivity index is 1.09. The predicted molar refractivity (Wildman–Crippen MR) is 156 cm³/mol. The van der Waals surface area contributed by atoms with Gasteiger partial charge in [-0.15, -0.1) is 21.5 Å². The second-order valence-corrected chi connectivity index (χ2v) is 11.1. The first-order valence-electron chi connectivity index (χ1n) is 12.6. The largest absolute Gasteiger partial charge is 0.354 e. The van der Waals surface area contributed by atoms with Crippen molar-refractivity contribution < 1.29 is 4.79 Å². The van der Waals surface area contributed by atoms with Gasteiger partial charge in [-0.1, -0.05) is 29.8 Å².